The fraction of sp³-hybridized carbons (Fsp3) is 0.885. The van der Waals surface area contributed by atoms with Gasteiger partial charge in [0, 0.05) is 11.6 Å². The highest BCUT2D eigenvalue weighted by atomic mass is 16.6. The molecular formula is C26H40O3. The first kappa shape index (κ1) is 20.1. The molecule has 3 nitrogen and oxygen atoms in total. The van der Waals surface area contributed by atoms with Crippen molar-refractivity contribution in [1.82, 2.24) is 0 Å². The first-order valence-corrected chi connectivity index (χ1v) is 12.1. The SMILES string of the molecule is CC1(C)CCCC2(C)C1CCC1(C)C3CC(C4=CC(=O)OC4O)CC3(C)CCC21. The Balaban J connectivity index is 1.48. The minimum atomic E-state index is -1.01. The predicted octanol–water partition coefficient (Wildman–Crippen LogP) is 5.86. The second-order valence-electron chi connectivity index (χ2n) is 12.8. The molecule has 0 bridgehead atoms. The fourth-order valence-corrected chi connectivity index (χ4v) is 9.93. The third kappa shape index (κ3) is 2.68. The van der Waals surface area contributed by atoms with E-state index in [0.717, 1.165) is 30.3 Å². The van der Waals surface area contributed by atoms with Crippen LogP contribution < -0.4 is 0 Å². The maximum absolute atomic E-state index is 11.7. The van der Waals surface area contributed by atoms with Crippen LogP contribution in [0.2, 0.25) is 0 Å². The molecule has 1 heterocycles. The maximum Gasteiger partial charge on any atom is 0.333 e. The molecule has 29 heavy (non-hydrogen) atoms. The molecular weight excluding hydrogens is 360 g/mol. The Morgan fingerprint density at radius 1 is 0.931 bits per heavy atom. The van der Waals surface area contributed by atoms with Crippen molar-refractivity contribution in [3.63, 3.8) is 0 Å². The van der Waals surface area contributed by atoms with Gasteiger partial charge in [-0.15, -0.1) is 0 Å². The summed E-state index contributed by atoms with van der Waals surface area (Å²) in [5.41, 5.74) is 2.51. The third-order valence-corrected chi connectivity index (χ3v) is 11.0. The Morgan fingerprint density at radius 3 is 2.31 bits per heavy atom. The molecule has 4 aliphatic carbocycles. The summed E-state index contributed by atoms with van der Waals surface area (Å²) in [6.07, 6.45) is 12.4. The van der Waals surface area contributed by atoms with E-state index in [0.29, 0.717) is 33.5 Å². The Bertz CT molecular complexity index is 753. The van der Waals surface area contributed by atoms with E-state index in [-0.39, 0.29) is 5.97 Å². The zero-order valence-corrected chi connectivity index (χ0v) is 19.1. The molecule has 0 radical (unpaired) electrons. The molecule has 0 saturated heterocycles. The summed E-state index contributed by atoms with van der Waals surface area (Å²) >= 11 is 0. The number of fused-ring (bicyclic) bond motifs is 5. The lowest BCUT2D eigenvalue weighted by molar-refractivity contribution is -0.184. The number of carbonyl (C=O) groups excluding carboxylic acids is 1. The molecule has 5 aliphatic rings. The van der Waals surface area contributed by atoms with Gasteiger partial charge in [0.05, 0.1) is 0 Å². The molecule has 0 aromatic rings. The van der Waals surface area contributed by atoms with Gasteiger partial charge in [-0.1, -0.05) is 41.0 Å². The molecule has 1 aliphatic heterocycles. The zero-order chi connectivity index (χ0) is 20.8. The van der Waals surface area contributed by atoms with Crippen molar-refractivity contribution < 1.29 is 14.6 Å². The fourth-order valence-electron chi connectivity index (χ4n) is 9.93. The van der Waals surface area contributed by atoms with E-state index in [2.05, 4.69) is 34.6 Å². The van der Waals surface area contributed by atoms with Crippen LogP contribution in [-0.2, 0) is 9.53 Å². The number of esters is 1. The van der Waals surface area contributed by atoms with Crippen molar-refractivity contribution in [1.29, 1.82) is 0 Å². The van der Waals surface area contributed by atoms with Crippen LogP contribution in [0.15, 0.2) is 11.6 Å². The molecule has 8 atom stereocenters. The highest BCUT2D eigenvalue weighted by molar-refractivity contribution is 5.85. The molecule has 4 saturated carbocycles. The number of carbonyl (C=O) groups is 1. The highest BCUT2D eigenvalue weighted by Crippen LogP contribution is 2.74. The van der Waals surface area contributed by atoms with Crippen LogP contribution in [0.25, 0.3) is 0 Å². The van der Waals surface area contributed by atoms with Crippen LogP contribution in [0.3, 0.4) is 0 Å². The molecule has 3 heteroatoms. The normalized spacial score (nSPS) is 53.5. The van der Waals surface area contributed by atoms with E-state index in [4.69, 9.17) is 4.74 Å². The lowest BCUT2D eigenvalue weighted by Crippen LogP contribution is -2.60. The average Bonchev–Trinajstić information content (AvgIpc) is 3.13. The monoisotopic (exact) mass is 400 g/mol. The minimum absolute atomic E-state index is 0.301. The summed E-state index contributed by atoms with van der Waals surface area (Å²) in [6, 6.07) is 0. The third-order valence-electron chi connectivity index (χ3n) is 11.0. The van der Waals surface area contributed by atoms with Crippen LogP contribution >= 0.6 is 0 Å². The molecule has 162 valence electrons. The van der Waals surface area contributed by atoms with Crippen molar-refractivity contribution in [3.05, 3.63) is 11.6 Å². The molecule has 0 amide bonds. The summed E-state index contributed by atoms with van der Waals surface area (Å²) in [5, 5.41) is 10.3. The highest BCUT2D eigenvalue weighted by Gasteiger charge is 2.66. The average molecular weight is 401 g/mol. The first-order chi connectivity index (χ1) is 13.5. The van der Waals surface area contributed by atoms with Crippen LogP contribution in [0.5, 0.6) is 0 Å². The van der Waals surface area contributed by atoms with Crippen molar-refractivity contribution in [2.75, 3.05) is 0 Å². The van der Waals surface area contributed by atoms with Gasteiger partial charge in [0.2, 0.25) is 6.29 Å². The second-order valence-corrected chi connectivity index (χ2v) is 12.8. The van der Waals surface area contributed by atoms with E-state index in [1.54, 1.807) is 6.08 Å². The second kappa shape index (κ2) is 6.11. The summed E-state index contributed by atoms with van der Waals surface area (Å²) in [7, 11) is 0. The standard InChI is InChI=1S/C26H40O3/c1-23(2)9-6-10-25(4)18(23)8-12-26(5)19(25)7-11-24(3)15-16(13-20(24)26)17-14-21(27)29-22(17)28/h14,16,18-20,22,28H,6-13,15H2,1-5H3. The summed E-state index contributed by atoms with van der Waals surface area (Å²) in [4.78, 5) is 11.7. The predicted molar refractivity (Wildman–Crippen MR) is 114 cm³/mol. The number of rotatable bonds is 1. The van der Waals surface area contributed by atoms with E-state index < -0.39 is 6.29 Å². The van der Waals surface area contributed by atoms with E-state index >= 15 is 0 Å². The number of ether oxygens (including phenoxy) is 1. The Morgan fingerprint density at radius 2 is 1.62 bits per heavy atom. The van der Waals surface area contributed by atoms with Gasteiger partial charge >= 0.3 is 5.97 Å². The first-order valence-electron chi connectivity index (χ1n) is 12.1. The maximum atomic E-state index is 11.7. The van der Waals surface area contributed by atoms with Gasteiger partial charge in [0.25, 0.3) is 0 Å². The number of aliphatic hydroxyl groups is 1. The molecule has 5 rings (SSSR count). The quantitative estimate of drug-likeness (QED) is 0.561. The van der Waals surface area contributed by atoms with E-state index in [9.17, 15) is 9.90 Å². The Labute approximate surface area is 176 Å². The smallest absolute Gasteiger partial charge is 0.333 e. The summed E-state index contributed by atoms with van der Waals surface area (Å²) in [5.74, 6) is 2.29. The van der Waals surface area contributed by atoms with Crippen molar-refractivity contribution in [2.45, 2.75) is 98.7 Å². The number of cyclic esters (lactones) is 1. The van der Waals surface area contributed by atoms with Gasteiger partial charge in [-0.3, -0.25) is 0 Å². The van der Waals surface area contributed by atoms with E-state index in [1.807, 2.05) is 0 Å². The lowest BCUT2D eigenvalue weighted by atomic mass is 9.37. The zero-order valence-electron chi connectivity index (χ0n) is 19.1. The van der Waals surface area contributed by atoms with Gasteiger partial charge in [0.15, 0.2) is 0 Å². The van der Waals surface area contributed by atoms with Gasteiger partial charge < -0.3 is 9.84 Å². The summed E-state index contributed by atoms with van der Waals surface area (Å²) in [6.45, 7) is 12.8. The number of aliphatic hydroxyl groups excluding tert-OH is 1. The van der Waals surface area contributed by atoms with Gasteiger partial charge in [0.1, 0.15) is 0 Å². The van der Waals surface area contributed by atoms with Crippen LogP contribution in [0, 0.1) is 45.3 Å². The Kier molecular flexibility index (Phi) is 4.24. The molecule has 0 aromatic heterocycles. The van der Waals surface area contributed by atoms with Crippen molar-refractivity contribution in [2.24, 2.45) is 45.3 Å². The number of hydrogen-bond donors (Lipinski definition) is 1. The topological polar surface area (TPSA) is 46.5 Å². The van der Waals surface area contributed by atoms with Gasteiger partial charge in [-0.25, -0.2) is 4.79 Å². The molecule has 0 spiro atoms. The Hall–Kier alpha value is -0.830. The molecule has 1 N–H and O–H groups in total. The number of hydrogen-bond acceptors (Lipinski definition) is 3. The molecule has 8 unspecified atom stereocenters. The minimum Gasteiger partial charge on any atom is -0.429 e. The van der Waals surface area contributed by atoms with Crippen LogP contribution in [0.4, 0.5) is 0 Å². The lowest BCUT2D eigenvalue weighted by Gasteiger charge is -2.67. The van der Waals surface area contributed by atoms with Crippen molar-refractivity contribution in [3.8, 4) is 0 Å². The molecule has 0 aromatic carbocycles. The van der Waals surface area contributed by atoms with Crippen LogP contribution in [0.1, 0.15) is 92.4 Å². The summed E-state index contributed by atoms with van der Waals surface area (Å²) < 4.78 is 5.04. The van der Waals surface area contributed by atoms with Crippen molar-refractivity contribution >= 4 is 5.97 Å². The molecule has 4 fully saturated rings. The van der Waals surface area contributed by atoms with E-state index in [1.165, 1.54) is 44.9 Å². The largest absolute Gasteiger partial charge is 0.429 e. The van der Waals surface area contributed by atoms with Gasteiger partial charge in [-0.05, 0) is 96.7 Å². The van der Waals surface area contributed by atoms with Gasteiger partial charge in [-0.2, -0.15) is 0 Å². The van der Waals surface area contributed by atoms with Crippen LogP contribution in [-0.4, -0.2) is 17.4 Å².